The summed E-state index contributed by atoms with van der Waals surface area (Å²) in [6, 6.07) is 0.355. The molecule has 7 heteroatoms. The van der Waals surface area contributed by atoms with E-state index >= 15 is 0 Å². The Hall–Kier alpha value is -2.05. The van der Waals surface area contributed by atoms with E-state index in [0.717, 1.165) is 32.2 Å². The van der Waals surface area contributed by atoms with Crippen molar-refractivity contribution in [1.29, 1.82) is 0 Å². The third-order valence-corrected chi connectivity index (χ3v) is 4.70. The van der Waals surface area contributed by atoms with E-state index in [9.17, 15) is 4.79 Å². The number of aromatic nitrogens is 2. The van der Waals surface area contributed by atoms with Crippen molar-refractivity contribution in [3.63, 3.8) is 0 Å². The third-order valence-electron chi connectivity index (χ3n) is 4.70. The minimum atomic E-state index is -0.0820. The lowest BCUT2D eigenvalue weighted by molar-refractivity contribution is 0.0927. The summed E-state index contributed by atoms with van der Waals surface area (Å²) in [5.41, 5.74) is 0. The normalized spacial score (nSPS) is 22.0. The van der Waals surface area contributed by atoms with Crippen LogP contribution in [0.2, 0.25) is 0 Å². The van der Waals surface area contributed by atoms with Crippen LogP contribution in [0.4, 0.5) is 4.79 Å². The van der Waals surface area contributed by atoms with Gasteiger partial charge in [0.1, 0.15) is 6.10 Å². The van der Waals surface area contributed by atoms with Gasteiger partial charge in [-0.2, -0.15) is 0 Å². The monoisotopic (exact) mass is 334 g/mol. The summed E-state index contributed by atoms with van der Waals surface area (Å²) in [4.78, 5) is 22.6. The van der Waals surface area contributed by atoms with Crippen LogP contribution in [0, 0.1) is 0 Å². The minimum absolute atomic E-state index is 0.0290. The van der Waals surface area contributed by atoms with Gasteiger partial charge in [0.25, 0.3) is 11.8 Å². The second kappa shape index (κ2) is 8.17. The molecule has 132 valence electrons. The molecule has 0 aromatic carbocycles. The fraction of sp³-hybridized carbons (Fsp3) is 0.706. The van der Waals surface area contributed by atoms with Crippen LogP contribution in [0.5, 0.6) is 11.8 Å². The number of ether oxygens (including phenoxy) is 2. The van der Waals surface area contributed by atoms with E-state index in [0.29, 0.717) is 24.3 Å². The van der Waals surface area contributed by atoms with Gasteiger partial charge in [-0.25, -0.2) is 14.8 Å². The fourth-order valence-electron chi connectivity index (χ4n) is 3.42. The molecule has 0 radical (unpaired) electrons. The van der Waals surface area contributed by atoms with Crippen LogP contribution in [0.15, 0.2) is 12.4 Å². The van der Waals surface area contributed by atoms with E-state index in [1.54, 1.807) is 19.5 Å². The average molecular weight is 334 g/mol. The molecule has 3 rings (SSSR count). The molecular weight excluding hydrogens is 308 g/mol. The molecule has 1 aromatic rings. The maximum Gasteiger partial charge on any atom is 0.317 e. The first-order valence-electron chi connectivity index (χ1n) is 8.83. The van der Waals surface area contributed by atoms with Crippen LogP contribution in [0.1, 0.15) is 44.9 Å². The Kier molecular flexibility index (Phi) is 5.72. The lowest BCUT2D eigenvalue weighted by Crippen LogP contribution is -2.51. The van der Waals surface area contributed by atoms with Crippen molar-refractivity contribution in [2.75, 3.05) is 20.2 Å². The van der Waals surface area contributed by atoms with Gasteiger partial charge >= 0.3 is 6.03 Å². The van der Waals surface area contributed by atoms with Crippen LogP contribution in [0.3, 0.4) is 0 Å². The number of rotatable bonds is 4. The Balaban J connectivity index is 1.54. The van der Waals surface area contributed by atoms with Gasteiger partial charge in [0.15, 0.2) is 0 Å². The molecule has 1 unspecified atom stereocenters. The first-order chi connectivity index (χ1) is 11.8. The average Bonchev–Trinajstić information content (AvgIpc) is 2.63. The summed E-state index contributed by atoms with van der Waals surface area (Å²) in [7, 11) is 1.54. The topological polar surface area (TPSA) is 76.6 Å². The summed E-state index contributed by atoms with van der Waals surface area (Å²) in [6.07, 6.45) is 10.8. The predicted molar refractivity (Wildman–Crippen MR) is 89.2 cm³/mol. The molecule has 7 nitrogen and oxygen atoms in total. The van der Waals surface area contributed by atoms with Gasteiger partial charge in [0, 0.05) is 25.0 Å². The van der Waals surface area contributed by atoms with E-state index in [1.165, 1.54) is 19.3 Å². The summed E-state index contributed by atoms with van der Waals surface area (Å²) in [5.74, 6) is 0.765. The highest BCUT2D eigenvalue weighted by atomic mass is 16.5. The van der Waals surface area contributed by atoms with Gasteiger partial charge in [-0.15, -0.1) is 0 Å². The summed E-state index contributed by atoms with van der Waals surface area (Å²) in [6.45, 7) is 1.34. The maximum atomic E-state index is 12.5. The fourth-order valence-corrected chi connectivity index (χ4v) is 3.42. The van der Waals surface area contributed by atoms with Crippen molar-refractivity contribution in [3.05, 3.63) is 12.4 Å². The molecule has 1 aliphatic carbocycles. The van der Waals surface area contributed by atoms with Crippen molar-refractivity contribution < 1.29 is 14.3 Å². The van der Waals surface area contributed by atoms with Crippen molar-refractivity contribution >= 4 is 6.03 Å². The third kappa shape index (κ3) is 4.27. The molecule has 2 fully saturated rings. The molecule has 2 amide bonds. The van der Waals surface area contributed by atoms with Gasteiger partial charge < -0.3 is 19.7 Å². The van der Waals surface area contributed by atoms with Gasteiger partial charge in [-0.05, 0) is 25.7 Å². The van der Waals surface area contributed by atoms with E-state index in [4.69, 9.17) is 9.47 Å². The Morgan fingerprint density at radius 1 is 1.12 bits per heavy atom. The van der Waals surface area contributed by atoms with Crippen LogP contribution >= 0.6 is 0 Å². The second-order valence-corrected chi connectivity index (χ2v) is 6.48. The standard InChI is InChI=1S/C17H26N4O3/c1-23-15-16(19-10-9-18-15)24-14-8-5-11-21(12-14)17(22)20-13-6-3-2-4-7-13/h9-10,13-14H,2-8,11-12H2,1H3,(H,20,22). The number of urea groups is 1. The number of hydrogen-bond acceptors (Lipinski definition) is 5. The number of nitrogens with zero attached hydrogens (tertiary/aromatic N) is 3. The lowest BCUT2D eigenvalue weighted by atomic mass is 9.96. The number of nitrogens with one attached hydrogen (secondary N) is 1. The highest BCUT2D eigenvalue weighted by molar-refractivity contribution is 5.74. The van der Waals surface area contributed by atoms with Crippen LogP contribution < -0.4 is 14.8 Å². The number of hydrogen-bond donors (Lipinski definition) is 1. The summed E-state index contributed by atoms with van der Waals surface area (Å²) in [5, 5.41) is 3.17. The Morgan fingerprint density at radius 3 is 2.62 bits per heavy atom. The molecular formula is C17H26N4O3. The van der Waals surface area contributed by atoms with Crippen LogP contribution in [-0.4, -0.2) is 53.2 Å². The van der Waals surface area contributed by atoms with Gasteiger partial charge in [0.2, 0.25) is 0 Å². The smallest absolute Gasteiger partial charge is 0.317 e. The number of likely N-dealkylation sites (tertiary alicyclic amines) is 1. The molecule has 1 atom stereocenters. The Labute approximate surface area is 142 Å². The predicted octanol–water partition coefficient (Wildman–Crippen LogP) is 2.37. The SMILES string of the molecule is COc1nccnc1OC1CCCN(C(=O)NC2CCCCC2)C1. The minimum Gasteiger partial charge on any atom is -0.477 e. The van der Waals surface area contributed by atoms with Gasteiger partial charge in [-0.3, -0.25) is 0 Å². The Morgan fingerprint density at radius 2 is 1.88 bits per heavy atom. The molecule has 1 aliphatic heterocycles. The highest BCUT2D eigenvalue weighted by Gasteiger charge is 2.27. The largest absolute Gasteiger partial charge is 0.477 e. The summed E-state index contributed by atoms with van der Waals surface area (Å²) >= 11 is 0. The van der Waals surface area contributed by atoms with E-state index in [-0.39, 0.29) is 12.1 Å². The number of methoxy groups -OCH3 is 1. The second-order valence-electron chi connectivity index (χ2n) is 6.48. The molecule has 2 aliphatic rings. The maximum absolute atomic E-state index is 12.5. The Bertz CT molecular complexity index is 548. The molecule has 2 heterocycles. The zero-order valence-electron chi connectivity index (χ0n) is 14.2. The molecule has 24 heavy (non-hydrogen) atoms. The number of piperidine rings is 1. The van der Waals surface area contributed by atoms with Crippen molar-refractivity contribution in [2.45, 2.75) is 57.1 Å². The number of carbonyl (C=O) groups is 1. The molecule has 1 aromatic heterocycles. The van der Waals surface area contributed by atoms with Crippen molar-refractivity contribution in [2.24, 2.45) is 0 Å². The van der Waals surface area contributed by atoms with E-state index in [1.807, 2.05) is 4.90 Å². The lowest BCUT2D eigenvalue weighted by Gasteiger charge is -2.34. The first-order valence-corrected chi connectivity index (χ1v) is 8.83. The van der Waals surface area contributed by atoms with Crippen LogP contribution in [-0.2, 0) is 0 Å². The van der Waals surface area contributed by atoms with Crippen LogP contribution in [0.25, 0.3) is 0 Å². The van der Waals surface area contributed by atoms with Crippen molar-refractivity contribution in [1.82, 2.24) is 20.2 Å². The zero-order valence-corrected chi connectivity index (χ0v) is 14.2. The first kappa shape index (κ1) is 16.8. The summed E-state index contributed by atoms with van der Waals surface area (Å²) < 4.78 is 11.1. The van der Waals surface area contributed by atoms with Gasteiger partial charge in [0.05, 0.1) is 13.7 Å². The quantitative estimate of drug-likeness (QED) is 0.915. The zero-order chi connectivity index (χ0) is 16.8. The van der Waals surface area contributed by atoms with Gasteiger partial charge in [-0.1, -0.05) is 19.3 Å². The number of amides is 2. The molecule has 0 spiro atoms. The number of carbonyl (C=O) groups excluding carboxylic acids is 1. The van der Waals surface area contributed by atoms with E-state index in [2.05, 4.69) is 15.3 Å². The molecule has 1 saturated carbocycles. The molecule has 1 saturated heterocycles. The molecule has 0 bridgehead atoms. The van der Waals surface area contributed by atoms with Crippen molar-refractivity contribution in [3.8, 4) is 11.8 Å². The van der Waals surface area contributed by atoms with E-state index < -0.39 is 0 Å². The highest BCUT2D eigenvalue weighted by Crippen LogP contribution is 2.24. The molecule has 1 N–H and O–H groups in total.